The highest BCUT2D eigenvalue weighted by atomic mass is 16.3. The molecule has 5 heteroatoms. The summed E-state index contributed by atoms with van der Waals surface area (Å²) < 4.78 is 0. The summed E-state index contributed by atoms with van der Waals surface area (Å²) in [7, 11) is 1.57. The van der Waals surface area contributed by atoms with Gasteiger partial charge in [0.1, 0.15) is 5.75 Å². The number of aliphatic hydroxyl groups excluding tert-OH is 1. The van der Waals surface area contributed by atoms with Crippen LogP contribution in [0, 0.1) is 0 Å². The molecular weight excluding hydrogens is 196 g/mol. The topological polar surface area (TPSA) is 73.7 Å². The molecule has 0 aromatic carbocycles. The van der Waals surface area contributed by atoms with Crippen molar-refractivity contribution in [3.05, 3.63) is 24.0 Å². The second kappa shape index (κ2) is 4.75. The van der Waals surface area contributed by atoms with E-state index in [1.807, 2.05) is 0 Å². The Morgan fingerprint density at radius 1 is 1.67 bits per heavy atom. The van der Waals surface area contributed by atoms with Crippen LogP contribution in [0.1, 0.15) is 17.3 Å². The maximum absolute atomic E-state index is 11.8. The standard InChI is InChI=1S/C10H14N2O3/c1-7(6-13)12(2)10(15)8-3-4-11-5-9(8)14/h3-5,7,13-14H,6H2,1-2H3. The molecule has 5 nitrogen and oxygen atoms in total. The minimum Gasteiger partial charge on any atom is -0.505 e. The number of pyridine rings is 1. The molecule has 1 rings (SSSR count). The van der Waals surface area contributed by atoms with Gasteiger partial charge in [-0.25, -0.2) is 0 Å². The van der Waals surface area contributed by atoms with Crippen LogP contribution in [0.4, 0.5) is 0 Å². The van der Waals surface area contributed by atoms with Gasteiger partial charge in [-0.15, -0.1) is 0 Å². The molecule has 0 fully saturated rings. The fourth-order valence-electron chi connectivity index (χ4n) is 1.08. The Morgan fingerprint density at radius 3 is 2.87 bits per heavy atom. The predicted molar refractivity (Wildman–Crippen MR) is 54.5 cm³/mol. The Hall–Kier alpha value is -1.62. The van der Waals surface area contributed by atoms with Crippen LogP contribution in [0.15, 0.2) is 18.5 Å². The largest absolute Gasteiger partial charge is 0.505 e. The van der Waals surface area contributed by atoms with E-state index in [1.54, 1.807) is 14.0 Å². The average molecular weight is 210 g/mol. The summed E-state index contributed by atoms with van der Waals surface area (Å²) in [5.41, 5.74) is 0.188. The molecule has 82 valence electrons. The van der Waals surface area contributed by atoms with Crippen LogP contribution in [0.25, 0.3) is 0 Å². The van der Waals surface area contributed by atoms with Gasteiger partial charge in [0.2, 0.25) is 0 Å². The van der Waals surface area contributed by atoms with Crippen molar-refractivity contribution in [3.8, 4) is 5.75 Å². The lowest BCUT2D eigenvalue weighted by Gasteiger charge is -2.23. The quantitative estimate of drug-likeness (QED) is 0.749. The number of aromatic nitrogens is 1. The summed E-state index contributed by atoms with van der Waals surface area (Å²) >= 11 is 0. The number of nitrogens with zero attached hydrogens (tertiary/aromatic N) is 2. The number of carbonyl (C=O) groups excluding carboxylic acids is 1. The molecule has 15 heavy (non-hydrogen) atoms. The SMILES string of the molecule is CC(CO)N(C)C(=O)c1ccncc1O. The van der Waals surface area contributed by atoms with Crippen molar-refractivity contribution in [2.45, 2.75) is 13.0 Å². The summed E-state index contributed by atoms with van der Waals surface area (Å²) in [4.78, 5) is 16.8. The zero-order valence-corrected chi connectivity index (χ0v) is 8.71. The minimum absolute atomic E-state index is 0.117. The molecule has 1 atom stereocenters. The first-order valence-corrected chi connectivity index (χ1v) is 4.59. The number of likely N-dealkylation sites (N-methyl/N-ethyl adjacent to an activating group) is 1. The van der Waals surface area contributed by atoms with Crippen LogP contribution < -0.4 is 0 Å². The molecule has 1 heterocycles. The number of amides is 1. The first-order valence-electron chi connectivity index (χ1n) is 4.59. The van der Waals surface area contributed by atoms with Crippen LogP contribution in [-0.2, 0) is 0 Å². The average Bonchev–Trinajstić information content (AvgIpc) is 2.26. The molecule has 0 spiro atoms. The Kier molecular flexibility index (Phi) is 3.62. The lowest BCUT2D eigenvalue weighted by Crippen LogP contribution is -2.37. The molecule has 1 amide bonds. The van der Waals surface area contributed by atoms with Gasteiger partial charge in [0.05, 0.1) is 24.4 Å². The van der Waals surface area contributed by atoms with Crippen LogP contribution >= 0.6 is 0 Å². The summed E-state index contributed by atoms with van der Waals surface area (Å²) in [6.07, 6.45) is 2.65. The smallest absolute Gasteiger partial charge is 0.257 e. The molecule has 0 bridgehead atoms. The summed E-state index contributed by atoms with van der Waals surface area (Å²) in [5.74, 6) is -0.490. The van der Waals surface area contributed by atoms with Crippen LogP contribution in [0.2, 0.25) is 0 Å². The number of aromatic hydroxyl groups is 1. The monoisotopic (exact) mass is 210 g/mol. The molecule has 0 saturated carbocycles. The maximum atomic E-state index is 11.8. The van der Waals surface area contributed by atoms with Gasteiger partial charge in [-0.05, 0) is 13.0 Å². The number of aliphatic hydroxyl groups is 1. The summed E-state index contributed by atoms with van der Waals surface area (Å²) in [5, 5.41) is 18.3. The van der Waals surface area contributed by atoms with Crippen LogP contribution in [0.3, 0.4) is 0 Å². The summed E-state index contributed by atoms with van der Waals surface area (Å²) in [6.45, 7) is 1.60. The number of carbonyl (C=O) groups is 1. The van der Waals surface area contributed by atoms with Crippen molar-refractivity contribution in [1.29, 1.82) is 0 Å². The number of hydrogen-bond donors (Lipinski definition) is 2. The number of rotatable bonds is 3. The van der Waals surface area contributed by atoms with E-state index >= 15 is 0 Å². The third-order valence-corrected chi connectivity index (χ3v) is 2.28. The zero-order valence-electron chi connectivity index (χ0n) is 8.71. The second-order valence-electron chi connectivity index (χ2n) is 3.34. The lowest BCUT2D eigenvalue weighted by atomic mass is 10.2. The first kappa shape index (κ1) is 11.5. The second-order valence-corrected chi connectivity index (χ2v) is 3.34. The Balaban J connectivity index is 2.90. The zero-order chi connectivity index (χ0) is 11.4. The highest BCUT2D eigenvalue weighted by Crippen LogP contribution is 2.16. The van der Waals surface area contributed by atoms with E-state index in [4.69, 9.17) is 5.11 Å². The fourth-order valence-corrected chi connectivity index (χ4v) is 1.08. The van der Waals surface area contributed by atoms with Gasteiger partial charge in [0.25, 0.3) is 5.91 Å². The number of hydrogen-bond acceptors (Lipinski definition) is 4. The molecule has 0 aliphatic rings. The third-order valence-electron chi connectivity index (χ3n) is 2.28. The normalized spacial score (nSPS) is 12.2. The van der Waals surface area contributed by atoms with Gasteiger partial charge in [-0.1, -0.05) is 0 Å². The molecule has 1 aromatic rings. The minimum atomic E-state index is -0.337. The van der Waals surface area contributed by atoms with Gasteiger partial charge in [-0.2, -0.15) is 0 Å². The first-order chi connectivity index (χ1) is 7.07. The summed E-state index contributed by atoms with van der Waals surface area (Å²) in [6, 6.07) is 1.16. The highest BCUT2D eigenvalue weighted by molar-refractivity contribution is 5.96. The van der Waals surface area contributed by atoms with E-state index in [-0.39, 0.29) is 29.9 Å². The molecule has 0 saturated heterocycles. The van der Waals surface area contributed by atoms with E-state index in [0.717, 1.165) is 0 Å². The van der Waals surface area contributed by atoms with Crippen molar-refractivity contribution >= 4 is 5.91 Å². The molecule has 2 N–H and O–H groups in total. The van der Waals surface area contributed by atoms with Gasteiger partial charge in [0.15, 0.2) is 0 Å². The molecule has 0 radical (unpaired) electrons. The Labute approximate surface area is 88.0 Å². The van der Waals surface area contributed by atoms with E-state index < -0.39 is 0 Å². The van der Waals surface area contributed by atoms with Crippen molar-refractivity contribution in [1.82, 2.24) is 9.88 Å². The van der Waals surface area contributed by atoms with E-state index in [2.05, 4.69) is 4.98 Å². The highest BCUT2D eigenvalue weighted by Gasteiger charge is 2.19. The van der Waals surface area contributed by atoms with Gasteiger partial charge in [-0.3, -0.25) is 9.78 Å². The van der Waals surface area contributed by atoms with E-state index in [1.165, 1.54) is 23.4 Å². The predicted octanol–water partition coefficient (Wildman–Crippen LogP) is 0.240. The van der Waals surface area contributed by atoms with Crippen LogP contribution in [-0.4, -0.2) is 45.7 Å². The van der Waals surface area contributed by atoms with Gasteiger partial charge >= 0.3 is 0 Å². The molecule has 1 unspecified atom stereocenters. The van der Waals surface area contributed by atoms with E-state index in [9.17, 15) is 9.90 Å². The fraction of sp³-hybridized carbons (Fsp3) is 0.400. The van der Waals surface area contributed by atoms with Gasteiger partial charge < -0.3 is 15.1 Å². The van der Waals surface area contributed by atoms with Crippen molar-refractivity contribution in [2.24, 2.45) is 0 Å². The Bertz CT molecular complexity index is 354. The van der Waals surface area contributed by atoms with Crippen molar-refractivity contribution in [3.63, 3.8) is 0 Å². The molecule has 0 aliphatic carbocycles. The molecular formula is C10H14N2O3. The van der Waals surface area contributed by atoms with Crippen molar-refractivity contribution in [2.75, 3.05) is 13.7 Å². The Morgan fingerprint density at radius 2 is 2.33 bits per heavy atom. The third kappa shape index (κ3) is 2.44. The van der Waals surface area contributed by atoms with E-state index in [0.29, 0.717) is 0 Å². The van der Waals surface area contributed by atoms with Crippen LogP contribution in [0.5, 0.6) is 5.75 Å². The molecule has 0 aliphatic heterocycles. The van der Waals surface area contributed by atoms with Gasteiger partial charge in [0, 0.05) is 13.2 Å². The maximum Gasteiger partial charge on any atom is 0.257 e. The van der Waals surface area contributed by atoms with Crippen molar-refractivity contribution < 1.29 is 15.0 Å². The lowest BCUT2D eigenvalue weighted by molar-refractivity contribution is 0.0679. The molecule has 1 aromatic heterocycles.